The fourth-order valence-electron chi connectivity index (χ4n) is 1.74. The van der Waals surface area contributed by atoms with Crippen molar-refractivity contribution in [3.63, 3.8) is 0 Å². The van der Waals surface area contributed by atoms with Crippen LogP contribution in [0.5, 0.6) is 11.5 Å². The topological polar surface area (TPSA) is 21.3 Å². The maximum absolute atomic E-state index is 13.2. The minimum Gasteiger partial charge on any atom is -0.457 e. The van der Waals surface area contributed by atoms with Crippen LogP contribution in [0, 0.1) is 5.82 Å². The lowest BCUT2D eigenvalue weighted by atomic mass is 10.2. The average Bonchev–Trinajstić information content (AvgIpc) is 2.37. The van der Waals surface area contributed by atoms with Crippen molar-refractivity contribution in [1.29, 1.82) is 0 Å². The molecule has 0 aromatic heterocycles. The van der Waals surface area contributed by atoms with Crippen LogP contribution >= 0.6 is 15.9 Å². The molecule has 0 aliphatic heterocycles. The molecule has 0 saturated heterocycles. The SMILES string of the molecule is CC(C)NCc1ccc(Br)cc1Oc1cccc(F)c1. The van der Waals surface area contributed by atoms with Crippen molar-refractivity contribution >= 4 is 15.9 Å². The second kappa shape index (κ2) is 6.86. The molecule has 4 heteroatoms. The Balaban J connectivity index is 2.22. The third-order valence-corrected chi connectivity index (χ3v) is 3.25. The van der Waals surface area contributed by atoms with Gasteiger partial charge in [-0.25, -0.2) is 4.39 Å². The van der Waals surface area contributed by atoms with Gasteiger partial charge in [-0.3, -0.25) is 0 Å². The molecule has 106 valence electrons. The first kappa shape index (κ1) is 15.0. The summed E-state index contributed by atoms with van der Waals surface area (Å²) in [6, 6.07) is 12.4. The monoisotopic (exact) mass is 337 g/mol. The molecular formula is C16H17BrFNO. The van der Waals surface area contributed by atoms with E-state index in [4.69, 9.17) is 4.74 Å². The summed E-state index contributed by atoms with van der Waals surface area (Å²) < 4.78 is 19.9. The van der Waals surface area contributed by atoms with Gasteiger partial charge in [-0.05, 0) is 24.3 Å². The summed E-state index contributed by atoms with van der Waals surface area (Å²) >= 11 is 3.43. The smallest absolute Gasteiger partial charge is 0.133 e. The van der Waals surface area contributed by atoms with Crippen LogP contribution in [0.4, 0.5) is 4.39 Å². The maximum atomic E-state index is 13.2. The van der Waals surface area contributed by atoms with Crippen molar-refractivity contribution in [1.82, 2.24) is 5.32 Å². The second-order valence-corrected chi connectivity index (χ2v) is 5.76. The third-order valence-electron chi connectivity index (χ3n) is 2.75. The Labute approximate surface area is 127 Å². The molecule has 2 aromatic rings. The highest BCUT2D eigenvalue weighted by Gasteiger charge is 2.07. The lowest BCUT2D eigenvalue weighted by Gasteiger charge is -2.14. The van der Waals surface area contributed by atoms with E-state index in [-0.39, 0.29) is 5.82 Å². The standard InChI is InChI=1S/C16H17BrFNO/c1-11(2)19-10-12-6-7-13(17)8-16(12)20-15-5-3-4-14(18)9-15/h3-9,11,19H,10H2,1-2H3. The van der Waals surface area contributed by atoms with Gasteiger partial charge in [-0.15, -0.1) is 0 Å². The predicted molar refractivity (Wildman–Crippen MR) is 82.6 cm³/mol. The van der Waals surface area contributed by atoms with Crippen LogP contribution in [-0.2, 0) is 6.54 Å². The first-order valence-corrected chi connectivity index (χ1v) is 7.29. The maximum Gasteiger partial charge on any atom is 0.133 e. The Morgan fingerprint density at radius 2 is 2.00 bits per heavy atom. The minimum atomic E-state index is -0.306. The van der Waals surface area contributed by atoms with Crippen LogP contribution in [0.25, 0.3) is 0 Å². The molecule has 0 amide bonds. The van der Waals surface area contributed by atoms with E-state index in [1.165, 1.54) is 12.1 Å². The summed E-state index contributed by atoms with van der Waals surface area (Å²) in [5, 5.41) is 3.35. The summed E-state index contributed by atoms with van der Waals surface area (Å²) in [7, 11) is 0. The summed E-state index contributed by atoms with van der Waals surface area (Å²) in [6.45, 7) is 4.88. The number of halogens is 2. The summed E-state index contributed by atoms with van der Waals surface area (Å²) in [4.78, 5) is 0. The van der Waals surface area contributed by atoms with Gasteiger partial charge in [0, 0.05) is 28.7 Å². The number of hydrogen-bond acceptors (Lipinski definition) is 2. The zero-order valence-corrected chi connectivity index (χ0v) is 13.1. The second-order valence-electron chi connectivity index (χ2n) is 4.85. The van der Waals surface area contributed by atoms with E-state index in [0.717, 1.165) is 15.8 Å². The molecule has 2 aromatic carbocycles. The van der Waals surface area contributed by atoms with E-state index in [2.05, 4.69) is 35.1 Å². The van der Waals surface area contributed by atoms with Crippen molar-refractivity contribution in [3.8, 4) is 11.5 Å². The Bertz CT molecular complexity index is 586. The van der Waals surface area contributed by atoms with Gasteiger partial charge >= 0.3 is 0 Å². The van der Waals surface area contributed by atoms with E-state index in [1.807, 2.05) is 18.2 Å². The Morgan fingerprint density at radius 1 is 1.20 bits per heavy atom. The molecular weight excluding hydrogens is 321 g/mol. The predicted octanol–water partition coefficient (Wildman–Crippen LogP) is 4.88. The molecule has 1 N–H and O–H groups in total. The summed E-state index contributed by atoms with van der Waals surface area (Å²) in [6.07, 6.45) is 0. The molecule has 0 atom stereocenters. The van der Waals surface area contributed by atoms with Gasteiger partial charge in [0.05, 0.1) is 0 Å². The van der Waals surface area contributed by atoms with Gasteiger partial charge in [0.25, 0.3) is 0 Å². The van der Waals surface area contributed by atoms with Crippen molar-refractivity contribution in [2.75, 3.05) is 0 Å². The third kappa shape index (κ3) is 4.32. The summed E-state index contributed by atoms with van der Waals surface area (Å²) in [5.41, 5.74) is 1.03. The van der Waals surface area contributed by atoms with Gasteiger partial charge in [0.1, 0.15) is 17.3 Å². The first-order chi connectivity index (χ1) is 9.54. The zero-order valence-electron chi connectivity index (χ0n) is 11.5. The molecule has 20 heavy (non-hydrogen) atoms. The van der Waals surface area contributed by atoms with Crippen molar-refractivity contribution in [2.45, 2.75) is 26.4 Å². The van der Waals surface area contributed by atoms with E-state index in [0.29, 0.717) is 18.3 Å². The minimum absolute atomic E-state index is 0.306. The van der Waals surface area contributed by atoms with Gasteiger partial charge in [-0.1, -0.05) is 41.9 Å². The van der Waals surface area contributed by atoms with Crippen molar-refractivity contribution in [2.24, 2.45) is 0 Å². The lowest BCUT2D eigenvalue weighted by Crippen LogP contribution is -2.22. The van der Waals surface area contributed by atoms with Crippen LogP contribution < -0.4 is 10.1 Å². The molecule has 0 unspecified atom stereocenters. The Hall–Kier alpha value is -1.39. The normalized spacial score (nSPS) is 10.8. The summed E-state index contributed by atoms with van der Waals surface area (Å²) in [5.74, 6) is 0.909. The van der Waals surface area contributed by atoms with E-state index in [1.54, 1.807) is 12.1 Å². The number of ether oxygens (including phenoxy) is 1. The van der Waals surface area contributed by atoms with E-state index >= 15 is 0 Å². The van der Waals surface area contributed by atoms with Gasteiger partial charge < -0.3 is 10.1 Å². The van der Waals surface area contributed by atoms with Gasteiger partial charge in [0.2, 0.25) is 0 Å². The largest absolute Gasteiger partial charge is 0.457 e. The lowest BCUT2D eigenvalue weighted by molar-refractivity contribution is 0.464. The average molecular weight is 338 g/mol. The quantitative estimate of drug-likeness (QED) is 0.839. The molecule has 2 rings (SSSR count). The zero-order chi connectivity index (χ0) is 14.5. The highest BCUT2D eigenvalue weighted by atomic mass is 79.9. The van der Waals surface area contributed by atoms with Crippen LogP contribution in [0.3, 0.4) is 0 Å². The fraction of sp³-hybridized carbons (Fsp3) is 0.250. The molecule has 0 spiro atoms. The molecule has 0 fully saturated rings. The van der Waals surface area contributed by atoms with Gasteiger partial charge in [0.15, 0.2) is 0 Å². The first-order valence-electron chi connectivity index (χ1n) is 6.50. The molecule has 0 bridgehead atoms. The Morgan fingerprint density at radius 3 is 2.70 bits per heavy atom. The van der Waals surface area contributed by atoms with E-state index in [9.17, 15) is 4.39 Å². The highest BCUT2D eigenvalue weighted by molar-refractivity contribution is 9.10. The number of benzene rings is 2. The molecule has 0 aliphatic carbocycles. The molecule has 2 nitrogen and oxygen atoms in total. The molecule has 0 radical (unpaired) electrons. The number of nitrogens with one attached hydrogen (secondary N) is 1. The highest BCUT2D eigenvalue weighted by Crippen LogP contribution is 2.29. The van der Waals surface area contributed by atoms with Crippen LogP contribution in [0.1, 0.15) is 19.4 Å². The Kier molecular flexibility index (Phi) is 5.15. The molecule has 0 heterocycles. The molecule has 0 saturated carbocycles. The van der Waals surface area contributed by atoms with E-state index < -0.39 is 0 Å². The van der Waals surface area contributed by atoms with Crippen LogP contribution in [0.2, 0.25) is 0 Å². The molecule has 0 aliphatic rings. The van der Waals surface area contributed by atoms with Gasteiger partial charge in [-0.2, -0.15) is 0 Å². The van der Waals surface area contributed by atoms with Crippen molar-refractivity contribution in [3.05, 3.63) is 58.3 Å². The number of rotatable bonds is 5. The number of hydrogen-bond donors (Lipinski definition) is 1. The van der Waals surface area contributed by atoms with Crippen molar-refractivity contribution < 1.29 is 9.13 Å². The van der Waals surface area contributed by atoms with Crippen LogP contribution in [-0.4, -0.2) is 6.04 Å². The van der Waals surface area contributed by atoms with Crippen LogP contribution in [0.15, 0.2) is 46.9 Å². The fourth-order valence-corrected chi connectivity index (χ4v) is 2.08.